The molecule has 1 heterocycles. The van der Waals surface area contributed by atoms with Gasteiger partial charge in [-0.15, -0.1) is 11.8 Å². The molecule has 1 N–H and O–H groups in total. The number of benzene rings is 2. The molecule has 2 aromatic rings. The number of rotatable bonds is 4. The molecule has 0 bridgehead atoms. The Balaban J connectivity index is 1.83. The van der Waals surface area contributed by atoms with Crippen molar-refractivity contribution < 1.29 is 13.9 Å². The van der Waals surface area contributed by atoms with Gasteiger partial charge >= 0.3 is 0 Å². The summed E-state index contributed by atoms with van der Waals surface area (Å²) in [6.07, 6.45) is 2.01. The van der Waals surface area contributed by atoms with Gasteiger partial charge in [0, 0.05) is 11.4 Å². The molecule has 1 aliphatic rings. The molecule has 0 spiro atoms. The van der Waals surface area contributed by atoms with Gasteiger partial charge in [0.05, 0.1) is 5.69 Å². The van der Waals surface area contributed by atoms with Crippen LogP contribution in [0, 0.1) is 5.82 Å². The zero-order valence-corrected chi connectivity index (χ0v) is 12.5. The average molecular weight is 305 g/mol. The predicted octanol–water partition coefficient (Wildman–Crippen LogP) is 3.93. The highest BCUT2D eigenvalue weighted by atomic mass is 32.2. The molecule has 5 heteroatoms. The fraction of sp³-hybridized carbons (Fsp3) is 0.250. The molecule has 0 unspecified atom stereocenters. The fourth-order valence-electron chi connectivity index (χ4n) is 2.24. The Labute approximate surface area is 127 Å². The number of hydrogen-bond acceptors (Lipinski definition) is 4. The highest BCUT2D eigenvalue weighted by molar-refractivity contribution is 7.98. The maximum absolute atomic E-state index is 13.6. The van der Waals surface area contributed by atoms with E-state index in [1.807, 2.05) is 24.5 Å². The topological polar surface area (TPSA) is 30.5 Å². The number of thioether (sulfide) groups is 1. The lowest BCUT2D eigenvalue weighted by atomic mass is 10.2. The van der Waals surface area contributed by atoms with Gasteiger partial charge in [-0.05, 0) is 36.1 Å². The first kappa shape index (κ1) is 14.1. The summed E-state index contributed by atoms with van der Waals surface area (Å²) in [5, 5.41) is 3.13. The molecule has 0 aliphatic carbocycles. The maximum Gasteiger partial charge on any atom is 0.162 e. The Morgan fingerprint density at radius 1 is 1.14 bits per heavy atom. The van der Waals surface area contributed by atoms with Gasteiger partial charge in [0.25, 0.3) is 0 Å². The highest BCUT2D eigenvalue weighted by Crippen LogP contribution is 2.36. The number of fused-ring (bicyclic) bond motifs is 1. The minimum Gasteiger partial charge on any atom is -0.486 e. The molecule has 1 aliphatic heterocycles. The zero-order valence-electron chi connectivity index (χ0n) is 11.7. The van der Waals surface area contributed by atoms with Crippen LogP contribution >= 0.6 is 11.8 Å². The SMILES string of the molecule is CSc1cc2c(cc1CNc1ccccc1F)OCCO2. The molecule has 2 aromatic carbocycles. The van der Waals surface area contributed by atoms with Crippen LogP contribution in [0.15, 0.2) is 41.3 Å². The second-order valence-electron chi connectivity index (χ2n) is 4.64. The first-order valence-corrected chi connectivity index (χ1v) is 7.95. The van der Waals surface area contributed by atoms with Gasteiger partial charge in [-0.25, -0.2) is 4.39 Å². The molecule has 21 heavy (non-hydrogen) atoms. The van der Waals surface area contributed by atoms with E-state index in [2.05, 4.69) is 5.32 Å². The smallest absolute Gasteiger partial charge is 0.162 e. The third-order valence-corrected chi connectivity index (χ3v) is 4.11. The summed E-state index contributed by atoms with van der Waals surface area (Å²) < 4.78 is 24.8. The van der Waals surface area contributed by atoms with Crippen LogP contribution in [0.1, 0.15) is 5.56 Å². The second-order valence-corrected chi connectivity index (χ2v) is 5.49. The number of halogens is 1. The number of nitrogens with one attached hydrogen (secondary N) is 1. The van der Waals surface area contributed by atoms with Crippen LogP contribution in [-0.2, 0) is 6.54 Å². The molecule has 0 fully saturated rings. The second kappa shape index (κ2) is 6.26. The van der Waals surface area contributed by atoms with Crippen molar-refractivity contribution >= 4 is 17.4 Å². The minimum absolute atomic E-state index is 0.249. The molecule has 0 saturated heterocycles. The van der Waals surface area contributed by atoms with Crippen molar-refractivity contribution in [2.45, 2.75) is 11.4 Å². The molecular weight excluding hydrogens is 289 g/mol. The lowest BCUT2D eigenvalue weighted by Crippen LogP contribution is -2.16. The summed E-state index contributed by atoms with van der Waals surface area (Å²) >= 11 is 1.64. The standard InChI is InChI=1S/C16H16FNO2S/c1-21-16-9-15-14(19-6-7-20-15)8-11(16)10-18-13-5-3-2-4-12(13)17/h2-5,8-9,18H,6-7,10H2,1H3. The summed E-state index contributed by atoms with van der Waals surface area (Å²) in [6.45, 7) is 1.67. The monoisotopic (exact) mass is 305 g/mol. The third kappa shape index (κ3) is 3.08. The van der Waals surface area contributed by atoms with Crippen molar-refractivity contribution in [3.8, 4) is 11.5 Å². The summed E-state index contributed by atoms with van der Waals surface area (Å²) in [5.41, 5.74) is 1.56. The molecule has 3 rings (SSSR count). The molecule has 0 radical (unpaired) electrons. The van der Waals surface area contributed by atoms with Crippen molar-refractivity contribution in [1.29, 1.82) is 0 Å². The minimum atomic E-state index is -0.249. The Hall–Kier alpha value is -1.88. The quantitative estimate of drug-likeness (QED) is 0.867. The number of hydrogen-bond donors (Lipinski definition) is 1. The number of ether oxygens (including phenoxy) is 2. The molecule has 110 valence electrons. The largest absolute Gasteiger partial charge is 0.486 e. The Kier molecular flexibility index (Phi) is 4.20. The molecule has 0 atom stereocenters. The van der Waals surface area contributed by atoms with Gasteiger partial charge in [-0.3, -0.25) is 0 Å². The van der Waals surface area contributed by atoms with Crippen LogP contribution in [0.3, 0.4) is 0 Å². The van der Waals surface area contributed by atoms with E-state index >= 15 is 0 Å². The summed E-state index contributed by atoms with van der Waals surface area (Å²) in [4.78, 5) is 1.10. The summed E-state index contributed by atoms with van der Waals surface area (Å²) in [6, 6.07) is 10.6. The lowest BCUT2D eigenvalue weighted by molar-refractivity contribution is 0.171. The third-order valence-electron chi connectivity index (χ3n) is 3.29. The molecular formula is C16H16FNO2S. The van der Waals surface area contributed by atoms with Crippen LogP contribution in [0.2, 0.25) is 0 Å². The maximum atomic E-state index is 13.6. The van der Waals surface area contributed by atoms with Crippen LogP contribution in [0.25, 0.3) is 0 Å². The number of para-hydroxylation sites is 1. The van der Waals surface area contributed by atoms with Gasteiger partial charge in [0.15, 0.2) is 11.5 Å². The Bertz CT molecular complexity index is 648. The van der Waals surface area contributed by atoms with Crippen LogP contribution in [0.5, 0.6) is 11.5 Å². The first-order chi connectivity index (χ1) is 10.3. The summed E-state index contributed by atoms with van der Waals surface area (Å²) in [5.74, 6) is 1.28. The summed E-state index contributed by atoms with van der Waals surface area (Å²) in [7, 11) is 0. The zero-order chi connectivity index (χ0) is 14.7. The van der Waals surface area contributed by atoms with E-state index in [-0.39, 0.29) is 5.82 Å². The fourth-order valence-corrected chi connectivity index (χ4v) is 2.85. The van der Waals surface area contributed by atoms with E-state index in [1.54, 1.807) is 23.9 Å². The van der Waals surface area contributed by atoms with Gasteiger partial charge < -0.3 is 14.8 Å². The van der Waals surface area contributed by atoms with E-state index in [0.717, 1.165) is 22.0 Å². The van der Waals surface area contributed by atoms with Crippen LogP contribution < -0.4 is 14.8 Å². The highest BCUT2D eigenvalue weighted by Gasteiger charge is 2.15. The van der Waals surface area contributed by atoms with Gasteiger partial charge in [-0.2, -0.15) is 0 Å². The van der Waals surface area contributed by atoms with Crippen molar-refractivity contribution in [1.82, 2.24) is 0 Å². The Morgan fingerprint density at radius 3 is 2.57 bits per heavy atom. The van der Waals surface area contributed by atoms with E-state index in [0.29, 0.717) is 25.4 Å². The normalized spacial score (nSPS) is 13.0. The van der Waals surface area contributed by atoms with Gasteiger partial charge in [0.1, 0.15) is 19.0 Å². The van der Waals surface area contributed by atoms with Crippen molar-refractivity contribution in [2.24, 2.45) is 0 Å². The Morgan fingerprint density at radius 2 is 1.86 bits per heavy atom. The predicted molar refractivity (Wildman–Crippen MR) is 82.9 cm³/mol. The molecule has 3 nitrogen and oxygen atoms in total. The van der Waals surface area contributed by atoms with Crippen LogP contribution in [-0.4, -0.2) is 19.5 Å². The van der Waals surface area contributed by atoms with E-state index in [1.165, 1.54) is 6.07 Å². The number of anilines is 1. The van der Waals surface area contributed by atoms with Crippen molar-refractivity contribution in [3.05, 3.63) is 47.8 Å². The van der Waals surface area contributed by atoms with E-state index in [4.69, 9.17) is 9.47 Å². The van der Waals surface area contributed by atoms with Crippen molar-refractivity contribution in [3.63, 3.8) is 0 Å². The first-order valence-electron chi connectivity index (χ1n) is 6.73. The lowest BCUT2D eigenvalue weighted by Gasteiger charge is -2.21. The average Bonchev–Trinajstić information content (AvgIpc) is 2.53. The van der Waals surface area contributed by atoms with E-state index in [9.17, 15) is 4.39 Å². The van der Waals surface area contributed by atoms with Crippen LogP contribution in [0.4, 0.5) is 10.1 Å². The molecule has 0 amide bonds. The molecule has 0 saturated carbocycles. The van der Waals surface area contributed by atoms with Gasteiger partial charge in [-0.1, -0.05) is 12.1 Å². The van der Waals surface area contributed by atoms with E-state index < -0.39 is 0 Å². The van der Waals surface area contributed by atoms with Gasteiger partial charge in [0.2, 0.25) is 0 Å². The molecule has 0 aromatic heterocycles. The van der Waals surface area contributed by atoms with Crippen molar-refractivity contribution in [2.75, 3.05) is 24.8 Å².